The molecule has 154 valence electrons. The summed E-state index contributed by atoms with van der Waals surface area (Å²) in [4.78, 5) is 28.3. The van der Waals surface area contributed by atoms with Gasteiger partial charge in [0.15, 0.2) is 11.6 Å². The molecule has 0 radical (unpaired) electrons. The summed E-state index contributed by atoms with van der Waals surface area (Å²) in [5.41, 5.74) is -0.169. The number of carbonyl (C=O) groups excluding carboxylic acids is 2. The molecule has 3 spiro atoms. The Labute approximate surface area is 169 Å². The second-order valence-corrected chi connectivity index (χ2v) is 12.1. The van der Waals surface area contributed by atoms with Crippen molar-refractivity contribution in [2.24, 2.45) is 50.7 Å². The van der Waals surface area contributed by atoms with E-state index in [4.69, 9.17) is 4.74 Å². The molecule has 6 atom stereocenters. The fourth-order valence-corrected chi connectivity index (χ4v) is 9.64. The van der Waals surface area contributed by atoms with E-state index in [9.17, 15) is 9.59 Å². The normalized spacial score (nSPS) is 49.8. The highest BCUT2D eigenvalue weighted by Gasteiger charge is 2.91. The molecule has 5 rings (SSSR count). The van der Waals surface area contributed by atoms with Crippen LogP contribution < -0.4 is 0 Å². The number of ketones is 2. The van der Waals surface area contributed by atoms with Crippen LogP contribution >= 0.6 is 0 Å². The van der Waals surface area contributed by atoms with Crippen LogP contribution in [0.5, 0.6) is 0 Å². The molecule has 0 N–H and O–H groups in total. The van der Waals surface area contributed by atoms with E-state index in [1.54, 1.807) is 7.11 Å². The molecule has 5 aliphatic carbocycles. The van der Waals surface area contributed by atoms with Gasteiger partial charge >= 0.3 is 0 Å². The van der Waals surface area contributed by atoms with Crippen LogP contribution in [0.25, 0.3) is 0 Å². The van der Waals surface area contributed by atoms with Gasteiger partial charge in [-0.3, -0.25) is 9.59 Å². The third kappa shape index (κ3) is 1.45. The van der Waals surface area contributed by atoms with Crippen molar-refractivity contribution in [2.45, 2.75) is 74.1 Å². The van der Waals surface area contributed by atoms with Crippen LogP contribution in [0.2, 0.25) is 0 Å². The lowest BCUT2D eigenvalue weighted by molar-refractivity contribution is -0.212. The molecule has 4 fully saturated rings. The quantitative estimate of drug-likeness (QED) is 0.615. The van der Waals surface area contributed by atoms with E-state index >= 15 is 0 Å². The zero-order chi connectivity index (χ0) is 20.7. The minimum absolute atomic E-state index is 0.0950. The minimum atomic E-state index is -0.825. The van der Waals surface area contributed by atoms with Gasteiger partial charge in [0.05, 0.1) is 12.5 Å². The van der Waals surface area contributed by atoms with E-state index in [0.717, 1.165) is 18.8 Å². The Kier molecular flexibility index (Phi) is 3.22. The Hall–Kier alpha value is -1.12. The first kappa shape index (κ1) is 18.9. The minimum Gasteiger partial charge on any atom is -0.500 e. The molecule has 0 aromatic carbocycles. The molecule has 0 bridgehead atoms. The maximum absolute atomic E-state index is 14.3. The maximum atomic E-state index is 14.3. The highest BCUT2D eigenvalue weighted by atomic mass is 16.5. The summed E-state index contributed by atoms with van der Waals surface area (Å²) in [5, 5.41) is 0. The second kappa shape index (κ2) is 4.78. The van der Waals surface area contributed by atoms with Crippen molar-refractivity contribution in [2.75, 3.05) is 7.11 Å². The fourth-order valence-electron chi connectivity index (χ4n) is 9.64. The van der Waals surface area contributed by atoms with Crippen molar-refractivity contribution in [3.05, 3.63) is 11.3 Å². The number of Topliss-reactive ketones (excluding diaryl/α,β-unsaturated/α-hetero) is 2. The molecule has 5 unspecified atom stereocenters. The molecule has 0 aliphatic heterocycles. The molecule has 0 amide bonds. The summed E-state index contributed by atoms with van der Waals surface area (Å²) < 4.78 is 5.63. The smallest absolute Gasteiger partial charge is 0.176 e. The zero-order valence-corrected chi connectivity index (χ0v) is 18.9. The van der Waals surface area contributed by atoms with E-state index in [1.807, 2.05) is 20.8 Å². The standard InChI is InChI=1S/C25H36O3/c1-13(2)15-12-23(9-10-24-16(11-17(23)24)22(24,6)7)25(15)18(26)14(3)19(28-8)21(4,5)20(25)27/h13,15-17H,9-12H2,1-8H3/t15?,16?,17?,23-,24?,25?/m1/s1. The van der Waals surface area contributed by atoms with Crippen molar-refractivity contribution in [3.8, 4) is 0 Å². The van der Waals surface area contributed by atoms with Gasteiger partial charge in [-0.05, 0) is 86.4 Å². The van der Waals surface area contributed by atoms with E-state index in [-0.39, 0.29) is 22.9 Å². The van der Waals surface area contributed by atoms with Crippen LogP contribution in [0.3, 0.4) is 0 Å². The van der Waals surface area contributed by atoms with Crippen LogP contribution in [-0.4, -0.2) is 18.7 Å². The average molecular weight is 385 g/mol. The number of hydrogen-bond acceptors (Lipinski definition) is 3. The van der Waals surface area contributed by atoms with Gasteiger partial charge in [-0.15, -0.1) is 0 Å². The van der Waals surface area contributed by atoms with Crippen molar-refractivity contribution in [3.63, 3.8) is 0 Å². The highest BCUT2D eigenvalue weighted by Crippen LogP contribution is 2.95. The first-order chi connectivity index (χ1) is 12.9. The third-order valence-corrected chi connectivity index (χ3v) is 10.8. The summed E-state index contributed by atoms with van der Waals surface area (Å²) in [6.07, 6.45) is 4.55. The maximum Gasteiger partial charge on any atom is 0.176 e. The van der Waals surface area contributed by atoms with E-state index < -0.39 is 10.8 Å². The molecule has 0 aromatic heterocycles. The summed E-state index contributed by atoms with van der Waals surface area (Å²) in [6.45, 7) is 15.1. The van der Waals surface area contributed by atoms with Gasteiger partial charge in [-0.25, -0.2) is 0 Å². The number of carbonyl (C=O) groups is 2. The predicted octanol–water partition coefficient (Wildman–Crippen LogP) is 5.19. The van der Waals surface area contributed by atoms with Gasteiger partial charge in [-0.2, -0.15) is 0 Å². The predicted molar refractivity (Wildman–Crippen MR) is 108 cm³/mol. The first-order valence-corrected chi connectivity index (χ1v) is 11.2. The van der Waals surface area contributed by atoms with Crippen LogP contribution in [-0.2, 0) is 14.3 Å². The third-order valence-electron chi connectivity index (χ3n) is 10.8. The number of allylic oxidation sites excluding steroid dienone is 2. The Morgan fingerprint density at radius 3 is 2.14 bits per heavy atom. The second-order valence-electron chi connectivity index (χ2n) is 12.1. The Bertz CT molecular complexity index is 846. The average Bonchev–Trinajstić information content (AvgIpc) is 2.78. The number of rotatable bonds is 2. The fraction of sp³-hybridized carbons (Fsp3) is 0.840. The van der Waals surface area contributed by atoms with E-state index in [1.165, 1.54) is 12.8 Å². The van der Waals surface area contributed by atoms with Crippen molar-refractivity contribution in [1.29, 1.82) is 0 Å². The van der Waals surface area contributed by atoms with Gasteiger partial charge < -0.3 is 4.74 Å². The van der Waals surface area contributed by atoms with Crippen LogP contribution in [0.4, 0.5) is 0 Å². The number of ether oxygens (including phenoxy) is 1. The van der Waals surface area contributed by atoms with Crippen LogP contribution in [0.15, 0.2) is 11.3 Å². The Balaban J connectivity index is 1.71. The molecule has 3 heteroatoms. The van der Waals surface area contributed by atoms with Gasteiger partial charge in [0, 0.05) is 5.57 Å². The molecular weight excluding hydrogens is 348 g/mol. The lowest BCUT2D eigenvalue weighted by atomic mass is 9.31. The number of methoxy groups -OCH3 is 1. The molecule has 0 heterocycles. The SMILES string of the molecule is COC1=C(C)C(=O)C2(C(=O)C1(C)C)C(C(C)C)C[C@@]21CCC23C(CC21)C3(C)C. The van der Waals surface area contributed by atoms with Crippen molar-refractivity contribution < 1.29 is 14.3 Å². The molecule has 0 aromatic rings. The van der Waals surface area contributed by atoms with Crippen LogP contribution in [0.1, 0.15) is 74.1 Å². The summed E-state index contributed by atoms with van der Waals surface area (Å²) in [7, 11) is 1.60. The summed E-state index contributed by atoms with van der Waals surface area (Å²) in [6, 6.07) is 0. The van der Waals surface area contributed by atoms with Gasteiger partial charge in [0.1, 0.15) is 11.2 Å². The number of hydrogen-bond donors (Lipinski definition) is 0. The zero-order valence-electron chi connectivity index (χ0n) is 18.9. The highest BCUT2D eigenvalue weighted by molar-refractivity contribution is 6.21. The molecule has 5 aliphatic rings. The Morgan fingerprint density at radius 1 is 1.04 bits per heavy atom. The van der Waals surface area contributed by atoms with E-state index in [0.29, 0.717) is 34.0 Å². The molecular formula is C25H36O3. The topological polar surface area (TPSA) is 43.4 Å². The molecule has 0 saturated heterocycles. The first-order valence-electron chi connectivity index (χ1n) is 11.2. The summed E-state index contributed by atoms with van der Waals surface area (Å²) in [5.74, 6) is 2.70. The molecule has 4 saturated carbocycles. The number of fused-ring (bicyclic) bond motifs is 2. The van der Waals surface area contributed by atoms with Crippen molar-refractivity contribution >= 4 is 11.6 Å². The Morgan fingerprint density at radius 2 is 1.68 bits per heavy atom. The summed E-state index contributed by atoms with van der Waals surface area (Å²) >= 11 is 0. The molecule has 28 heavy (non-hydrogen) atoms. The lowest BCUT2D eigenvalue weighted by Gasteiger charge is -2.69. The van der Waals surface area contributed by atoms with Crippen molar-refractivity contribution in [1.82, 2.24) is 0 Å². The lowest BCUT2D eigenvalue weighted by Crippen LogP contribution is -2.73. The molecule has 3 nitrogen and oxygen atoms in total. The monoisotopic (exact) mass is 384 g/mol. The van der Waals surface area contributed by atoms with Gasteiger partial charge in [0.2, 0.25) is 0 Å². The van der Waals surface area contributed by atoms with Gasteiger partial charge in [-0.1, -0.05) is 27.7 Å². The van der Waals surface area contributed by atoms with Crippen LogP contribution in [0, 0.1) is 50.7 Å². The van der Waals surface area contributed by atoms with Gasteiger partial charge in [0.25, 0.3) is 0 Å². The largest absolute Gasteiger partial charge is 0.500 e. The van der Waals surface area contributed by atoms with E-state index in [2.05, 4.69) is 27.7 Å².